The zero-order chi connectivity index (χ0) is 22.1. The highest BCUT2D eigenvalue weighted by Crippen LogP contribution is 2.30. The van der Waals surface area contributed by atoms with Crippen LogP contribution in [0.5, 0.6) is 0 Å². The lowest BCUT2D eigenvalue weighted by Crippen LogP contribution is -2.33. The molecule has 0 saturated carbocycles. The highest BCUT2D eigenvalue weighted by atomic mass is 32.2. The summed E-state index contributed by atoms with van der Waals surface area (Å²) in [6.07, 6.45) is 2.13. The molecule has 4 rings (SSSR count). The molecule has 1 aliphatic heterocycles. The molecule has 1 unspecified atom stereocenters. The number of rotatable bonds is 6. The molecule has 31 heavy (non-hydrogen) atoms. The van der Waals surface area contributed by atoms with Gasteiger partial charge >= 0.3 is 0 Å². The fourth-order valence-electron chi connectivity index (χ4n) is 3.68. The molecule has 3 heterocycles. The number of nitrogens with one attached hydrogen (secondary N) is 1. The van der Waals surface area contributed by atoms with Gasteiger partial charge in [-0.15, -0.1) is 11.3 Å². The number of nitrogens with zero attached hydrogens (tertiary/aromatic N) is 2. The second-order valence-electron chi connectivity index (χ2n) is 7.99. The summed E-state index contributed by atoms with van der Waals surface area (Å²) in [5.74, 6) is 0.110. The molecule has 164 valence electrons. The summed E-state index contributed by atoms with van der Waals surface area (Å²) in [6.45, 7) is 9.34. The van der Waals surface area contributed by atoms with Gasteiger partial charge < -0.3 is 10.1 Å². The molecule has 3 aromatic rings. The number of hydrogen-bond donors (Lipinski definition) is 1. The van der Waals surface area contributed by atoms with E-state index in [0.717, 1.165) is 51.5 Å². The van der Waals surface area contributed by atoms with E-state index in [1.807, 2.05) is 45.9 Å². The number of hydrogen-bond acceptors (Lipinski definition) is 6. The van der Waals surface area contributed by atoms with Crippen LogP contribution in [0.2, 0.25) is 0 Å². The molecule has 0 aliphatic carbocycles. The predicted molar refractivity (Wildman–Crippen MR) is 127 cm³/mol. The molecule has 1 aliphatic rings. The minimum Gasteiger partial charge on any atom is -0.376 e. The van der Waals surface area contributed by atoms with Crippen LogP contribution in [0.4, 0.5) is 0 Å². The Bertz CT molecular complexity index is 1190. The maximum atomic E-state index is 13.5. The Labute approximate surface area is 190 Å². The number of ether oxygens (including phenoxy) is 1. The molecule has 1 aromatic carbocycles. The largest absolute Gasteiger partial charge is 0.376 e. The van der Waals surface area contributed by atoms with E-state index in [4.69, 9.17) is 9.72 Å². The first kappa shape index (κ1) is 22.0. The van der Waals surface area contributed by atoms with E-state index in [0.29, 0.717) is 17.1 Å². The topological polar surface area (TPSA) is 73.2 Å². The first-order valence-corrected chi connectivity index (χ1v) is 12.3. The average molecular weight is 458 g/mol. The number of carbonyl (C=O) groups is 1. The third kappa shape index (κ3) is 4.56. The van der Waals surface area contributed by atoms with Gasteiger partial charge in [0.1, 0.15) is 4.83 Å². The van der Waals surface area contributed by atoms with Gasteiger partial charge in [-0.25, -0.2) is 4.98 Å². The van der Waals surface area contributed by atoms with Crippen LogP contribution >= 0.6 is 23.1 Å². The summed E-state index contributed by atoms with van der Waals surface area (Å²) in [5.41, 5.74) is 3.93. The summed E-state index contributed by atoms with van der Waals surface area (Å²) in [7, 11) is 0. The molecule has 1 saturated heterocycles. The summed E-state index contributed by atoms with van der Waals surface area (Å²) in [5, 5.41) is 4.13. The number of fused-ring (bicyclic) bond motifs is 1. The van der Waals surface area contributed by atoms with Crippen molar-refractivity contribution in [1.29, 1.82) is 0 Å². The predicted octanol–water partition coefficient (Wildman–Crippen LogP) is 4.07. The molecule has 1 atom stereocenters. The van der Waals surface area contributed by atoms with Gasteiger partial charge in [-0.3, -0.25) is 14.2 Å². The Morgan fingerprint density at radius 2 is 2.10 bits per heavy atom. The molecule has 1 amide bonds. The summed E-state index contributed by atoms with van der Waals surface area (Å²) < 4.78 is 7.21. The van der Waals surface area contributed by atoms with E-state index in [2.05, 4.69) is 5.32 Å². The van der Waals surface area contributed by atoms with Crippen LogP contribution in [-0.2, 0) is 9.53 Å². The third-order valence-corrected chi connectivity index (χ3v) is 7.84. The molecule has 1 fully saturated rings. The van der Waals surface area contributed by atoms with Gasteiger partial charge in [-0.2, -0.15) is 0 Å². The van der Waals surface area contributed by atoms with Gasteiger partial charge in [0.15, 0.2) is 5.16 Å². The van der Waals surface area contributed by atoms with Crippen molar-refractivity contribution in [3.05, 3.63) is 50.1 Å². The van der Waals surface area contributed by atoms with Crippen molar-refractivity contribution < 1.29 is 9.53 Å². The van der Waals surface area contributed by atoms with Crippen molar-refractivity contribution >= 4 is 39.2 Å². The molecular formula is C23H27N3O3S2. The van der Waals surface area contributed by atoms with Crippen LogP contribution < -0.4 is 10.9 Å². The van der Waals surface area contributed by atoms with Crippen molar-refractivity contribution in [1.82, 2.24) is 14.9 Å². The van der Waals surface area contributed by atoms with Gasteiger partial charge in [0.05, 0.1) is 22.9 Å². The first-order valence-electron chi connectivity index (χ1n) is 10.5. The average Bonchev–Trinajstić information content (AvgIpc) is 3.35. The maximum absolute atomic E-state index is 13.5. The van der Waals surface area contributed by atoms with E-state index < -0.39 is 0 Å². The fourth-order valence-corrected chi connectivity index (χ4v) is 5.59. The third-order valence-electron chi connectivity index (χ3n) is 5.80. The molecular weight excluding hydrogens is 430 g/mol. The SMILES string of the molecule is Cc1ccc(-n2c(SCC(=O)NCC3CCCO3)nc3sc(C)c(C)c3c2=O)cc1C. The molecule has 0 spiro atoms. The van der Waals surface area contributed by atoms with E-state index >= 15 is 0 Å². The normalized spacial score (nSPS) is 16.2. The second-order valence-corrected chi connectivity index (χ2v) is 10.1. The van der Waals surface area contributed by atoms with Crippen LogP contribution in [0.3, 0.4) is 0 Å². The van der Waals surface area contributed by atoms with E-state index in [1.54, 1.807) is 4.57 Å². The Balaban J connectivity index is 1.66. The van der Waals surface area contributed by atoms with Gasteiger partial charge in [-0.05, 0) is 69.4 Å². The number of benzene rings is 1. The summed E-state index contributed by atoms with van der Waals surface area (Å²) >= 11 is 2.82. The van der Waals surface area contributed by atoms with E-state index in [-0.39, 0.29) is 23.3 Å². The lowest BCUT2D eigenvalue weighted by molar-refractivity contribution is -0.119. The van der Waals surface area contributed by atoms with Gasteiger partial charge in [-0.1, -0.05) is 17.8 Å². The smallest absolute Gasteiger partial charge is 0.267 e. The standard InChI is InChI=1S/C23H27N3O3S2/c1-13-7-8-17(10-14(13)2)26-22(28)20-15(3)16(4)31-21(20)25-23(26)30-12-19(27)24-11-18-6-5-9-29-18/h7-8,10,18H,5-6,9,11-12H2,1-4H3,(H,24,27). The van der Waals surface area contributed by atoms with Crippen LogP contribution in [-0.4, -0.2) is 40.5 Å². The van der Waals surface area contributed by atoms with Crippen molar-refractivity contribution in [3.8, 4) is 5.69 Å². The van der Waals surface area contributed by atoms with E-state index in [9.17, 15) is 9.59 Å². The molecule has 0 bridgehead atoms. The first-order chi connectivity index (χ1) is 14.8. The number of thiophene rings is 1. The molecule has 6 nitrogen and oxygen atoms in total. The summed E-state index contributed by atoms with van der Waals surface area (Å²) in [6, 6.07) is 5.95. The fraction of sp³-hybridized carbons (Fsp3) is 0.435. The van der Waals surface area contributed by atoms with Crippen LogP contribution in [0, 0.1) is 27.7 Å². The number of amides is 1. The monoisotopic (exact) mass is 457 g/mol. The Morgan fingerprint density at radius 3 is 2.81 bits per heavy atom. The lowest BCUT2D eigenvalue weighted by Gasteiger charge is -2.14. The van der Waals surface area contributed by atoms with Crippen LogP contribution in [0.15, 0.2) is 28.2 Å². The number of aryl methyl sites for hydroxylation is 4. The Morgan fingerprint density at radius 1 is 1.29 bits per heavy atom. The quantitative estimate of drug-likeness (QED) is 0.446. The van der Waals surface area contributed by atoms with Crippen LogP contribution in [0.1, 0.15) is 34.4 Å². The van der Waals surface area contributed by atoms with Crippen molar-refractivity contribution in [2.45, 2.75) is 51.8 Å². The van der Waals surface area contributed by atoms with Gasteiger partial charge in [0, 0.05) is 18.0 Å². The Kier molecular flexibility index (Phi) is 6.50. The van der Waals surface area contributed by atoms with Gasteiger partial charge in [0.2, 0.25) is 5.91 Å². The van der Waals surface area contributed by atoms with Crippen molar-refractivity contribution in [3.63, 3.8) is 0 Å². The zero-order valence-corrected chi connectivity index (χ0v) is 19.9. The number of carbonyl (C=O) groups excluding carboxylic acids is 1. The Hall–Kier alpha value is -2.16. The zero-order valence-electron chi connectivity index (χ0n) is 18.3. The second kappa shape index (κ2) is 9.14. The lowest BCUT2D eigenvalue weighted by atomic mass is 10.1. The molecule has 0 radical (unpaired) electrons. The maximum Gasteiger partial charge on any atom is 0.267 e. The minimum absolute atomic E-state index is 0.0833. The number of thioether (sulfide) groups is 1. The molecule has 2 aromatic heterocycles. The van der Waals surface area contributed by atoms with Crippen molar-refractivity contribution in [2.75, 3.05) is 18.9 Å². The van der Waals surface area contributed by atoms with Gasteiger partial charge in [0.25, 0.3) is 5.56 Å². The highest BCUT2D eigenvalue weighted by Gasteiger charge is 2.20. The highest BCUT2D eigenvalue weighted by molar-refractivity contribution is 7.99. The minimum atomic E-state index is -0.0858. The summed E-state index contributed by atoms with van der Waals surface area (Å²) in [4.78, 5) is 32.6. The van der Waals surface area contributed by atoms with E-state index in [1.165, 1.54) is 23.1 Å². The molecule has 1 N–H and O–H groups in total. The van der Waals surface area contributed by atoms with Crippen molar-refractivity contribution in [2.24, 2.45) is 0 Å². The number of aromatic nitrogens is 2. The van der Waals surface area contributed by atoms with Crippen LogP contribution in [0.25, 0.3) is 15.9 Å². The molecule has 8 heteroatoms.